The zero-order chi connectivity index (χ0) is 23.1. The van der Waals surface area contributed by atoms with Gasteiger partial charge in [0.1, 0.15) is 17.6 Å². The number of amides is 1. The maximum Gasteiger partial charge on any atom is 0.307 e. The van der Waals surface area contributed by atoms with Gasteiger partial charge in [0, 0.05) is 17.1 Å². The summed E-state index contributed by atoms with van der Waals surface area (Å²) in [7, 11) is 0. The van der Waals surface area contributed by atoms with Crippen molar-refractivity contribution in [1.82, 2.24) is 5.32 Å². The van der Waals surface area contributed by atoms with Gasteiger partial charge in [-0.05, 0) is 59.7 Å². The quantitative estimate of drug-likeness (QED) is 0.475. The predicted molar refractivity (Wildman–Crippen MR) is 118 cm³/mol. The molecule has 1 unspecified atom stereocenters. The maximum atomic E-state index is 12.4. The molecule has 0 aliphatic rings. The second-order valence-electron chi connectivity index (χ2n) is 6.92. The van der Waals surface area contributed by atoms with Crippen molar-refractivity contribution < 1.29 is 24.5 Å². The summed E-state index contributed by atoms with van der Waals surface area (Å²) in [6.45, 7) is 0.0347. The fourth-order valence-corrected chi connectivity index (χ4v) is 3.06. The van der Waals surface area contributed by atoms with Gasteiger partial charge in [0.25, 0.3) is 5.91 Å². The molecule has 1 amide bonds. The number of nitriles is 1. The summed E-state index contributed by atoms with van der Waals surface area (Å²) in [6, 6.07) is 19.6. The number of aliphatic hydroxyl groups excluding tert-OH is 1. The zero-order valence-corrected chi connectivity index (χ0v) is 17.5. The molecule has 0 heterocycles. The Labute approximate surface area is 189 Å². The van der Waals surface area contributed by atoms with Crippen molar-refractivity contribution in [2.45, 2.75) is 12.5 Å². The van der Waals surface area contributed by atoms with Crippen molar-refractivity contribution in [3.8, 4) is 17.6 Å². The number of carboxylic acids is 1. The van der Waals surface area contributed by atoms with E-state index in [1.807, 2.05) is 6.07 Å². The fraction of sp³-hybridized carbons (Fsp3) is 0.125. The molecule has 162 valence electrons. The molecule has 0 spiro atoms. The molecule has 3 rings (SSSR count). The molecule has 0 aliphatic carbocycles. The number of ether oxygens (including phenoxy) is 1. The van der Waals surface area contributed by atoms with Gasteiger partial charge in [-0.1, -0.05) is 29.8 Å². The molecule has 1 atom stereocenters. The Morgan fingerprint density at radius 3 is 2.38 bits per heavy atom. The van der Waals surface area contributed by atoms with Crippen LogP contribution in [0.15, 0.2) is 66.7 Å². The fourth-order valence-electron chi connectivity index (χ4n) is 2.93. The number of hydrogen-bond acceptors (Lipinski definition) is 5. The molecule has 0 bridgehead atoms. The first-order valence-corrected chi connectivity index (χ1v) is 9.98. The highest BCUT2D eigenvalue weighted by molar-refractivity contribution is 6.30. The van der Waals surface area contributed by atoms with E-state index in [-0.39, 0.29) is 30.2 Å². The summed E-state index contributed by atoms with van der Waals surface area (Å²) < 4.78 is 5.71. The third-order valence-electron chi connectivity index (χ3n) is 4.57. The molecule has 0 saturated carbocycles. The summed E-state index contributed by atoms with van der Waals surface area (Å²) >= 11 is 5.83. The molecule has 0 radical (unpaired) electrons. The lowest BCUT2D eigenvalue weighted by atomic mass is 10.1. The molecular weight excluding hydrogens is 432 g/mol. The number of halogens is 1. The first-order valence-electron chi connectivity index (χ1n) is 9.60. The average Bonchev–Trinajstić information content (AvgIpc) is 2.78. The van der Waals surface area contributed by atoms with Crippen LogP contribution in [0.2, 0.25) is 5.02 Å². The van der Waals surface area contributed by atoms with E-state index >= 15 is 0 Å². The van der Waals surface area contributed by atoms with Gasteiger partial charge in [-0.15, -0.1) is 0 Å². The van der Waals surface area contributed by atoms with Crippen LogP contribution in [-0.4, -0.2) is 28.6 Å². The van der Waals surface area contributed by atoms with Crippen LogP contribution >= 0.6 is 11.6 Å². The number of aliphatic hydroxyl groups is 1. The first kappa shape index (κ1) is 22.8. The summed E-state index contributed by atoms with van der Waals surface area (Å²) in [5.74, 6) is -0.660. The molecule has 0 aliphatic heterocycles. The minimum Gasteiger partial charge on any atom is -0.481 e. The van der Waals surface area contributed by atoms with E-state index < -0.39 is 12.1 Å². The lowest BCUT2D eigenvalue weighted by Crippen LogP contribution is -2.28. The number of rotatable bonds is 8. The van der Waals surface area contributed by atoms with Gasteiger partial charge in [-0.2, -0.15) is 5.26 Å². The second kappa shape index (κ2) is 10.4. The van der Waals surface area contributed by atoms with Crippen molar-refractivity contribution in [2.24, 2.45) is 0 Å². The van der Waals surface area contributed by atoms with Crippen LogP contribution < -0.4 is 10.1 Å². The summed E-state index contributed by atoms with van der Waals surface area (Å²) in [6.07, 6.45) is -1.06. The SMILES string of the molecule is N#Cc1cc(CC(=O)O)ccc1Oc1ccc(C(=O)NCC(O)c2ccc(Cl)cc2)cc1. The summed E-state index contributed by atoms with van der Waals surface area (Å²) in [5, 5.41) is 31.6. The number of nitrogens with zero attached hydrogens (tertiary/aromatic N) is 1. The van der Waals surface area contributed by atoms with Gasteiger partial charge in [-0.3, -0.25) is 9.59 Å². The number of carbonyl (C=O) groups is 2. The summed E-state index contributed by atoms with van der Waals surface area (Å²) in [5.41, 5.74) is 1.72. The van der Waals surface area contributed by atoms with Crippen LogP contribution in [0.5, 0.6) is 11.5 Å². The monoisotopic (exact) mass is 450 g/mol. The van der Waals surface area contributed by atoms with Crippen LogP contribution in [0.25, 0.3) is 0 Å². The Morgan fingerprint density at radius 2 is 1.75 bits per heavy atom. The topological polar surface area (TPSA) is 120 Å². The van der Waals surface area contributed by atoms with E-state index in [9.17, 15) is 20.0 Å². The smallest absolute Gasteiger partial charge is 0.307 e. The van der Waals surface area contributed by atoms with E-state index in [0.29, 0.717) is 27.5 Å². The molecule has 0 fully saturated rings. The van der Waals surface area contributed by atoms with Gasteiger partial charge >= 0.3 is 5.97 Å². The van der Waals surface area contributed by atoms with Crippen LogP contribution in [0, 0.1) is 11.3 Å². The highest BCUT2D eigenvalue weighted by Gasteiger charge is 2.12. The third-order valence-corrected chi connectivity index (χ3v) is 4.83. The Bertz CT molecular complexity index is 1150. The maximum absolute atomic E-state index is 12.4. The van der Waals surface area contributed by atoms with E-state index in [2.05, 4.69) is 5.32 Å². The number of carboxylic acid groups (broad SMARTS) is 1. The molecule has 0 aromatic heterocycles. The Morgan fingerprint density at radius 1 is 1.06 bits per heavy atom. The lowest BCUT2D eigenvalue weighted by Gasteiger charge is -2.13. The second-order valence-corrected chi connectivity index (χ2v) is 7.35. The predicted octanol–water partition coefficient (Wildman–Crippen LogP) is 4.09. The largest absolute Gasteiger partial charge is 0.481 e. The minimum atomic E-state index is -0.989. The number of aliphatic carboxylic acids is 1. The molecular formula is C24H19ClN2O5. The van der Waals surface area contributed by atoms with Gasteiger partial charge in [0.05, 0.1) is 18.1 Å². The van der Waals surface area contributed by atoms with Gasteiger partial charge in [0.15, 0.2) is 0 Å². The molecule has 7 nitrogen and oxygen atoms in total. The zero-order valence-electron chi connectivity index (χ0n) is 16.8. The lowest BCUT2D eigenvalue weighted by molar-refractivity contribution is -0.136. The highest BCUT2D eigenvalue weighted by atomic mass is 35.5. The Balaban J connectivity index is 1.61. The van der Waals surface area contributed by atoms with E-state index in [1.165, 1.54) is 12.1 Å². The average molecular weight is 451 g/mol. The highest BCUT2D eigenvalue weighted by Crippen LogP contribution is 2.26. The molecule has 8 heteroatoms. The number of hydrogen-bond donors (Lipinski definition) is 3. The van der Waals surface area contributed by atoms with Gasteiger partial charge in [0.2, 0.25) is 0 Å². The van der Waals surface area contributed by atoms with Crippen LogP contribution in [0.4, 0.5) is 0 Å². The first-order chi connectivity index (χ1) is 15.4. The number of benzene rings is 3. The van der Waals surface area contributed by atoms with Crippen LogP contribution in [-0.2, 0) is 11.2 Å². The van der Waals surface area contributed by atoms with Gasteiger partial charge in [-0.25, -0.2) is 0 Å². The van der Waals surface area contributed by atoms with Gasteiger partial charge < -0.3 is 20.3 Å². The Kier molecular flexibility index (Phi) is 7.45. The van der Waals surface area contributed by atoms with E-state index in [4.69, 9.17) is 21.4 Å². The van der Waals surface area contributed by atoms with Crippen molar-refractivity contribution >= 4 is 23.5 Å². The normalized spacial score (nSPS) is 11.3. The van der Waals surface area contributed by atoms with E-state index in [0.717, 1.165) is 0 Å². The standard InChI is InChI=1S/C24H19ClN2O5/c25-19-6-2-16(3-7-19)21(28)14-27-24(31)17-4-8-20(9-5-17)32-22-10-1-15(12-23(29)30)11-18(22)13-26/h1-11,21,28H,12,14H2,(H,27,31)(H,29,30). The van der Waals surface area contributed by atoms with Crippen molar-refractivity contribution in [3.63, 3.8) is 0 Å². The molecule has 32 heavy (non-hydrogen) atoms. The molecule has 0 saturated heterocycles. The number of carbonyl (C=O) groups excluding carboxylic acids is 1. The van der Waals surface area contributed by atoms with Crippen molar-refractivity contribution in [2.75, 3.05) is 6.54 Å². The van der Waals surface area contributed by atoms with Crippen LogP contribution in [0.3, 0.4) is 0 Å². The van der Waals surface area contributed by atoms with Crippen LogP contribution in [0.1, 0.15) is 33.2 Å². The van der Waals surface area contributed by atoms with Crippen molar-refractivity contribution in [3.05, 3.63) is 94.0 Å². The summed E-state index contributed by atoms with van der Waals surface area (Å²) in [4.78, 5) is 23.2. The van der Waals surface area contributed by atoms with E-state index in [1.54, 1.807) is 54.6 Å². The van der Waals surface area contributed by atoms with Crippen molar-refractivity contribution in [1.29, 1.82) is 5.26 Å². The Hall–Kier alpha value is -3.86. The molecule has 3 aromatic rings. The molecule has 3 N–H and O–H groups in total. The number of nitrogens with one attached hydrogen (secondary N) is 1. The third kappa shape index (κ3) is 6.08. The minimum absolute atomic E-state index is 0.0347. The molecule has 3 aromatic carbocycles.